The summed E-state index contributed by atoms with van der Waals surface area (Å²) in [5.41, 5.74) is 5.93. The van der Waals surface area contributed by atoms with E-state index in [4.69, 9.17) is 5.73 Å². The highest BCUT2D eigenvalue weighted by atomic mass is 16.1. The molecule has 0 aromatic heterocycles. The molecule has 0 spiro atoms. The van der Waals surface area contributed by atoms with Crippen molar-refractivity contribution in [2.75, 3.05) is 0 Å². The van der Waals surface area contributed by atoms with Crippen molar-refractivity contribution in [3.63, 3.8) is 0 Å². The molecule has 3 N–H and O–H groups in total. The van der Waals surface area contributed by atoms with Gasteiger partial charge in [-0.25, -0.2) is 0 Å². The third-order valence-electron chi connectivity index (χ3n) is 3.47. The highest BCUT2D eigenvalue weighted by Gasteiger charge is 2.29. The monoisotopic (exact) mass is 240 g/mol. The molecule has 0 heterocycles. The van der Waals surface area contributed by atoms with E-state index in [-0.39, 0.29) is 18.0 Å². The van der Waals surface area contributed by atoms with Crippen LogP contribution in [0.3, 0.4) is 0 Å². The van der Waals surface area contributed by atoms with Gasteiger partial charge in [-0.2, -0.15) is 0 Å². The minimum Gasteiger partial charge on any atom is -0.354 e. The molecule has 1 saturated carbocycles. The second-order valence-corrected chi connectivity index (χ2v) is 6.00. The van der Waals surface area contributed by atoms with Crippen molar-refractivity contribution >= 4 is 5.91 Å². The molecule has 1 amide bonds. The normalized spacial score (nSPS) is 19.1. The van der Waals surface area contributed by atoms with Crippen molar-refractivity contribution in [1.29, 1.82) is 0 Å². The Morgan fingerprint density at radius 3 is 2.47 bits per heavy atom. The maximum atomic E-state index is 11.7. The predicted molar refractivity (Wildman–Crippen MR) is 71.6 cm³/mol. The van der Waals surface area contributed by atoms with Crippen LogP contribution in [0.25, 0.3) is 0 Å². The minimum absolute atomic E-state index is 0.0814. The Labute approximate surface area is 106 Å². The van der Waals surface area contributed by atoms with Crippen LogP contribution in [0, 0.1) is 11.8 Å². The Kier molecular flexibility index (Phi) is 5.96. The maximum Gasteiger partial charge on any atom is 0.221 e. The summed E-state index contributed by atoms with van der Waals surface area (Å²) in [5, 5.41) is 3.05. The summed E-state index contributed by atoms with van der Waals surface area (Å²) < 4.78 is 0. The number of carbonyl (C=O) groups is 1. The van der Waals surface area contributed by atoms with Gasteiger partial charge in [-0.3, -0.25) is 4.79 Å². The lowest BCUT2D eigenvalue weighted by atomic mass is 10.0. The van der Waals surface area contributed by atoms with Crippen LogP contribution in [-0.4, -0.2) is 18.0 Å². The van der Waals surface area contributed by atoms with E-state index in [0.29, 0.717) is 12.3 Å². The molecule has 0 radical (unpaired) electrons. The molecule has 2 atom stereocenters. The maximum absolute atomic E-state index is 11.7. The minimum atomic E-state index is 0.0814. The Morgan fingerprint density at radius 2 is 1.94 bits per heavy atom. The van der Waals surface area contributed by atoms with Crippen LogP contribution in [0.2, 0.25) is 0 Å². The molecule has 1 rings (SSSR count). The standard InChI is InChI=1S/C14H28N2O/c1-10(2)5-4-6-11(3)16-14(17)9-13(15)12-7-8-12/h10-13H,4-9,15H2,1-3H3,(H,16,17). The molecule has 17 heavy (non-hydrogen) atoms. The van der Waals surface area contributed by atoms with E-state index in [2.05, 4.69) is 26.1 Å². The second-order valence-electron chi connectivity index (χ2n) is 6.00. The van der Waals surface area contributed by atoms with Gasteiger partial charge in [-0.1, -0.05) is 26.7 Å². The van der Waals surface area contributed by atoms with Crippen molar-refractivity contribution in [3.8, 4) is 0 Å². The number of hydrogen-bond donors (Lipinski definition) is 2. The van der Waals surface area contributed by atoms with E-state index in [1.165, 1.54) is 25.7 Å². The first-order valence-corrected chi connectivity index (χ1v) is 7.04. The smallest absolute Gasteiger partial charge is 0.221 e. The quantitative estimate of drug-likeness (QED) is 0.684. The zero-order valence-corrected chi connectivity index (χ0v) is 11.5. The van der Waals surface area contributed by atoms with Crippen LogP contribution >= 0.6 is 0 Å². The fourth-order valence-corrected chi connectivity index (χ4v) is 2.14. The zero-order valence-electron chi connectivity index (χ0n) is 11.5. The number of hydrogen-bond acceptors (Lipinski definition) is 2. The Morgan fingerprint density at radius 1 is 1.29 bits per heavy atom. The van der Waals surface area contributed by atoms with Gasteiger partial charge in [-0.05, 0) is 38.0 Å². The summed E-state index contributed by atoms with van der Waals surface area (Å²) in [4.78, 5) is 11.7. The van der Waals surface area contributed by atoms with Crippen LogP contribution in [0.1, 0.15) is 59.3 Å². The largest absolute Gasteiger partial charge is 0.354 e. The fourth-order valence-electron chi connectivity index (χ4n) is 2.14. The van der Waals surface area contributed by atoms with Crippen molar-refractivity contribution in [2.24, 2.45) is 17.6 Å². The van der Waals surface area contributed by atoms with Crippen molar-refractivity contribution in [1.82, 2.24) is 5.32 Å². The molecule has 0 saturated heterocycles. The molecule has 3 heteroatoms. The molecule has 1 fully saturated rings. The number of nitrogens with two attached hydrogens (primary N) is 1. The number of nitrogens with one attached hydrogen (secondary N) is 1. The molecule has 1 aliphatic rings. The lowest BCUT2D eigenvalue weighted by molar-refractivity contribution is -0.122. The average Bonchev–Trinajstić information content (AvgIpc) is 2.98. The molecular weight excluding hydrogens is 212 g/mol. The topological polar surface area (TPSA) is 55.1 Å². The number of rotatable bonds is 8. The molecule has 0 bridgehead atoms. The molecule has 3 nitrogen and oxygen atoms in total. The van der Waals surface area contributed by atoms with Crippen LogP contribution < -0.4 is 11.1 Å². The van der Waals surface area contributed by atoms with Gasteiger partial charge in [0.05, 0.1) is 0 Å². The summed E-state index contributed by atoms with van der Waals surface area (Å²) in [6, 6.07) is 0.366. The summed E-state index contributed by atoms with van der Waals surface area (Å²) in [6.07, 6.45) is 6.41. The molecule has 2 unspecified atom stereocenters. The molecule has 1 aliphatic carbocycles. The highest BCUT2D eigenvalue weighted by molar-refractivity contribution is 5.76. The molecule has 0 aliphatic heterocycles. The first-order valence-electron chi connectivity index (χ1n) is 7.04. The molecule has 0 aromatic carbocycles. The van der Waals surface area contributed by atoms with Gasteiger partial charge in [0.1, 0.15) is 0 Å². The van der Waals surface area contributed by atoms with Crippen LogP contribution in [0.5, 0.6) is 0 Å². The van der Waals surface area contributed by atoms with E-state index < -0.39 is 0 Å². The number of carbonyl (C=O) groups excluding carboxylic acids is 1. The summed E-state index contributed by atoms with van der Waals surface area (Å²) in [7, 11) is 0. The van der Waals surface area contributed by atoms with Crippen molar-refractivity contribution in [2.45, 2.75) is 71.4 Å². The first-order chi connectivity index (χ1) is 7.99. The average molecular weight is 240 g/mol. The van der Waals surface area contributed by atoms with E-state index >= 15 is 0 Å². The van der Waals surface area contributed by atoms with E-state index in [1.807, 2.05) is 0 Å². The number of amides is 1. The zero-order chi connectivity index (χ0) is 12.8. The van der Waals surface area contributed by atoms with E-state index in [1.54, 1.807) is 0 Å². The molecule has 0 aromatic rings. The first kappa shape index (κ1) is 14.5. The van der Waals surface area contributed by atoms with Gasteiger partial charge < -0.3 is 11.1 Å². The fraction of sp³-hybridized carbons (Fsp3) is 0.929. The Balaban J connectivity index is 2.07. The van der Waals surface area contributed by atoms with E-state index in [9.17, 15) is 4.79 Å². The Bertz CT molecular complexity index is 236. The highest BCUT2D eigenvalue weighted by Crippen LogP contribution is 2.32. The van der Waals surface area contributed by atoms with Crippen LogP contribution in [0.4, 0.5) is 0 Å². The molecule has 100 valence electrons. The van der Waals surface area contributed by atoms with Gasteiger partial charge in [0.2, 0.25) is 5.91 Å². The third-order valence-corrected chi connectivity index (χ3v) is 3.47. The van der Waals surface area contributed by atoms with Crippen LogP contribution in [0.15, 0.2) is 0 Å². The van der Waals surface area contributed by atoms with Crippen molar-refractivity contribution < 1.29 is 4.79 Å². The van der Waals surface area contributed by atoms with E-state index in [0.717, 1.165) is 12.3 Å². The van der Waals surface area contributed by atoms with Crippen LogP contribution in [-0.2, 0) is 4.79 Å². The Hall–Kier alpha value is -0.570. The summed E-state index contributed by atoms with van der Waals surface area (Å²) in [5.74, 6) is 1.49. The predicted octanol–water partition coefficient (Wildman–Crippen LogP) is 2.44. The van der Waals surface area contributed by atoms with Gasteiger partial charge in [-0.15, -0.1) is 0 Å². The lowest BCUT2D eigenvalue weighted by Gasteiger charge is -2.16. The second kappa shape index (κ2) is 7.00. The van der Waals surface area contributed by atoms with Gasteiger partial charge in [0, 0.05) is 18.5 Å². The molecular formula is C14H28N2O. The third kappa shape index (κ3) is 6.67. The lowest BCUT2D eigenvalue weighted by Crippen LogP contribution is -2.37. The summed E-state index contributed by atoms with van der Waals surface area (Å²) in [6.45, 7) is 6.55. The van der Waals surface area contributed by atoms with Gasteiger partial charge in [0.25, 0.3) is 0 Å². The summed E-state index contributed by atoms with van der Waals surface area (Å²) >= 11 is 0. The van der Waals surface area contributed by atoms with Crippen molar-refractivity contribution in [3.05, 3.63) is 0 Å². The SMILES string of the molecule is CC(C)CCCC(C)NC(=O)CC(N)C1CC1. The van der Waals surface area contributed by atoms with Gasteiger partial charge >= 0.3 is 0 Å². The van der Waals surface area contributed by atoms with Gasteiger partial charge in [0.15, 0.2) is 0 Å².